The second-order valence-electron chi connectivity index (χ2n) is 8.50. The molecular formula is C19H32O5. The van der Waals surface area contributed by atoms with Crippen LogP contribution in [0.15, 0.2) is 12.2 Å². The fourth-order valence-electron chi connectivity index (χ4n) is 4.87. The molecule has 0 amide bonds. The zero-order chi connectivity index (χ0) is 17.7. The van der Waals surface area contributed by atoms with Gasteiger partial charge < -0.3 is 24.4 Å². The van der Waals surface area contributed by atoms with E-state index in [9.17, 15) is 10.2 Å². The van der Waals surface area contributed by atoms with Gasteiger partial charge in [0.1, 0.15) is 6.10 Å². The molecule has 1 aliphatic heterocycles. The Morgan fingerprint density at radius 3 is 2.38 bits per heavy atom. The zero-order valence-electron chi connectivity index (χ0n) is 15.3. The van der Waals surface area contributed by atoms with Crippen LogP contribution in [0.1, 0.15) is 53.4 Å². The average Bonchev–Trinajstić information content (AvgIpc) is 2.42. The molecular weight excluding hydrogens is 308 g/mol. The highest BCUT2D eigenvalue weighted by atomic mass is 16.7. The fraction of sp³-hybridized carbons (Fsp3) is 0.895. The smallest absolute Gasteiger partial charge is 0.167 e. The summed E-state index contributed by atoms with van der Waals surface area (Å²) in [5, 5.41) is 20.6. The predicted octanol–water partition coefficient (Wildman–Crippen LogP) is 2.40. The lowest BCUT2D eigenvalue weighted by atomic mass is 9.41. The van der Waals surface area contributed by atoms with Crippen molar-refractivity contribution < 1.29 is 24.4 Å². The summed E-state index contributed by atoms with van der Waals surface area (Å²) in [4.78, 5) is 0. The molecule has 138 valence electrons. The Hall–Kier alpha value is -0.460. The number of aliphatic hydroxyl groups excluding tert-OH is 2. The molecule has 0 radical (unpaired) electrons. The predicted molar refractivity (Wildman–Crippen MR) is 90.5 cm³/mol. The Morgan fingerprint density at radius 2 is 1.88 bits per heavy atom. The monoisotopic (exact) mass is 340 g/mol. The molecule has 4 aliphatic rings. The molecule has 1 heterocycles. The van der Waals surface area contributed by atoms with Gasteiger partial charge in [-0.1, -0.05) is 19.1 Å². The maximum absolute atomic E-state index is 10.4. The van der Waals surface area contributed by atoms with Crippen molar-refractivity contribution in [2.45, 2.75) is 89.7 Å². The van der Waals surface area contributed by atoms with Crippen LogP contribution in [0.25, 0.3) is 0 Å². The van der Waals surface area contributed by atoms with Crippen molar-refractivity contribution in [3.63, 3.8) is 0 Å². The third-order valence-corrected chi connectivity index (χ3v) is 5.80. The molecule has 4 rings (SSSR count). The van der Waals surface area contributed by atoms with Gasteiger partial charge in [-0.05, 0) is 46.5 Å². The van der Waals surface area contributed by atoms with Crippen LogP contribution in [0.4, 0.5) is 0 Å². The van der Waals surface area contributed by atoms with Gasteiger partial charge in [0.2, 0.25) is 0 Å². The highest BCUT2D eigenvalue weighted by molar-refractivity contribution is 5.20. The number of aliphatic hydroxyl groups is 2. The van der Waals surface area contributed by atoms with Gasteiger partial charge in [0.05, 0.1) is 36.4 Å². The van der Waals surface area contributed by atoms with Crippen molar-refractivity contribution in [1.82, 2.24) is 0 Å². The van der Waals surface area contributed by atoms with Gasteiger partial charge >= 0.3 is 0 Å². The minimum Gasteiger partial charge on any atom is -0.389 e. The van der Waals surface area contributed by atoms with Crippen LogP contribution >= 0.6 is 0 Å². The van der Waals surface area contributed by atoms with Crippen LogP contribution in [-0.4, -0.2) is 53.1 Å². The number of rotatable bonds is 7. The lowest BCUT2D eigenvalue weighted by molar-refractivity contribution is -0.338. The van der Waals surface area contributed by atoms with Crippen LogP contribution in [0.3, 0.4) is 0 Å². The second-order valence-corrected chi connectivity index (χ2v) is 8.50. The number of ether oxygens (including phenoxy) is 3. The molecule has 0 aromatic carbocycles. The molecule has 5 heteroatoms. The molecule has 0 spiro atoms. The lowest BCUT2D eigenvalue weighted by Gasteiger charge is -2.70. The van der Waals surface area contributed by atoms with Crippen LogP contribution in [0.2, 0.25) is 0 Å². The highest BCUT2D eigenvalue weighted by Gasteiger charge is 2.69. The first kappa shape index (κ1) is 18.3. The van der Waals surface area contributed by atoms with E-state index in [1.807, 2.05) is 13.8 Å². The highest BCUT2D eigenvalue weighted by Crippen LogP contribution is 2.69. The summed E-state index contributed by atoms with van der Waals surface area (Å²) < 4.78 is 18.0. The molecule has 3 aliphatic carbocycles. The van der Waals surface area contributed by atoms with Crippen LogP contribution in [0, 0.1) is 11.3 Å². The summed E-state index contributed by atoms with van der Waals surface area (Å²) in [7, 11) is 0. The average molecular weight is 340 g/mol. The second kappa shape index (κ2) is 6.36. The summed E-state index contributed by atoms with van der Waals surface area (Å²) in [6.07, 6.45) is 1.31. The van der Waals surface area contributed by atoms with E-state index in [1.54, 1.807) is 0 Å². The van der Waals surface area contributed by atoms with Gasteiger partial charge in [0.15, 0.2) is 6.29 Å². The Morgan fingerprint density at radius 1 is 1.25 bits per heavy atom. The van der Waals surface area contributed by atoms with Gasteiger partial charge in [-0.15, -0.1) is 0 Å². The van der Waals surface area contributed by atoms with Gasteiger partial charge in [0.25, 0.3) is 0 Å². The topological polar surface area (TPSA) is 68.2 Å². The quantitative estimate of drug-likeness (QED) is 0.697. The maximum atomic E-state index is 10.4. The van der Waals surface area contributed by atoms with Crippen molar-refractivity contribution in [3.05, 3.63) is 12.2 Å². The molecule has 2 N–H and O–H groups in total. The first-order valence-electron chi connectivity index (χ1n) is 9.17. The van der Waals surface area contributed by atoms with E-state index in [0.717, 1.165) is 24.8 Å². The van der Waals surface area contributed by atoms with E-state index in [1.165, 1.54) is 0 Å². The summed E-state index contributed by atoms with van der Waals surface area (Å²) in [5.41, 5.74) is 1.07. The molecule has 0 aromatic rings. The van der Waals surface area contributed by atoms with Gasteiger partial charge in [0, 0.05) is 5.41 Å². The van der Waals surface area contributed by atoms with Crippen LogP contribution in [-0.2, 0) is 14.2 Å². The molecule has 1 saturated heterocycles. The minimum atomic E-state index is -0.894. The first-order valence-corrected chi connectivity index (χ1v) is 9.17. The van der Waals surface area contributed by atoms with Crippen LogP contribution < -0.4 is 0 Å². The van der Waals surface area contributed by atoms with Gasteiger partial charge in [-0.25, -0.2) is 0 Å². The van der Waals surface area contributed by atoms with Crippen molar-refractivity contribution in [3.8, 4) is 0 Å². The number of hydrogen-bond donors (Lipinski definition) is 2. The number of hydrogen-bond acceptors (Lipinski definition) is 5. The van der Waals surface area contributed by atoms with E-state index < -0.39 is 30.5 Å². The van der Waals surface area contributed by atoms with E-state index in [0.29, 0.717) is 13.0 Å². The normalized spacial score (nSPS) is 47.2. The molecule has 2 bridgehead atoms. The fourth-order valence-corrected chi connectivity index (χ4v) is 4.87. The van der Waals surface area contributed by atoms with E-state index in [2.05, 4.69) is 20.4 Å². The van der Waals surface area contributed by atoms with Crippen LogP contribution in [0.5, 0.6) is 0 Å². The van der Waals surface area contributed by atoms with Crippen molar-refractivity contribution in [2.24, 2.45) is 11.3 Å². The summed E-state index contributed by atoms with van der Waals surface area (Å²) >= 11 is 0. The Balaban J connectivity index is 1.57. The van der Waals surface area contributed by atoms with Gasteiger partial charge in [-0.3, -0.25) is 0 Å². The molecule has 5 atom stereocenters. The Bertz CT molecular complexity index is 468. The first-order chi connectivity index (χ1) is 11.2. The lowest BCUT2D eigenvalue weighted by Crippen LogP contribution is -2.70. The molecule has 24 heavy (non-hydrogen) atoms. The molecule has 3 saturated carbocycles. The summed E-state index contributed by atoms with van der Waals surface area (Å²) in [6, 6.07) is 0. The molecule has 4 fully saturated rings. The summed E-state index contributed by atoms with van der Waals surface area (Å²) in [5.74, 6) is -0.393. The third-order valence-electron chi connectivity index (χ3n) is 5.80. The molecule has 5 unspecified atom stereocenters. The van der Waals surface area contributed by atoms with Crippen molar-refractivity contribution in [2.75, 3.05) is 6.61 Å². The van der Waals surface area contributed by atoms with Crippen molar-refractivity contribution in [1.29, 1.82) is 0 Å². The van der Waals surface area contributed by atoms with E-state index in [-0.39, 0.29) is 17.1 Å². The molecule has 5 nitrogen and oxygen atoms in total. The molecule has 0 aromatic heterocycles. The van der Waals surface area contributed by atoms with Crippen molar-refractivity contribution >= 4 is 0 Å². The standard InChI is InChI=1S/C19H32O5/c1-6-13-15(20)16(21)14(11(2)3)17(23-13)22-10-18-7-19(8-18,9-18)24-12(4)5/h12-17,20-21H,2,6-10H2,1,3-5H3. The summed E-state index contributed by atoms with van der Waals surface area (Å²) in [6.45, 7) is 12.5. The zero-order valence-corrected chi connectivity index (χ0v) is 15.3. The largest absolute Gasteiger partial charge is 0.389 e. The SMILES string of the molecule is C=C(C)C1C(OCC23CC(OC(C)C)(C2)C3)OC(CC)C(O)C1O. The van der Waals surface area contributed by atoms with Gasteiger partial charge in [-0.2, -0.15) is 0 Å². The van der Waals surface area contributed by atoms with E-state index >= 15 is 0 Å². The minimum absolute atomic E-state index is 0.0837. The van der Waals surface area contributed by atoms with E-state index in [4.69, 9.17) is 14.2 Å². The third kappa shape index (κ3) is 3.06. The Kier molecular flexibility index (Phi) is 4.86. The Labute approximate surface area is 145 Å². The maximum Gasteiger partial charge on any atom is 0.167 e.